The lowest BCUT2D eigenvalue weighted by Crippen LogP contribution is -2.52. The number of aromatic nitrogens is 2. The van der Waals surface area contributed by atoms with Gasteiger partial charge in [0, 0.05) is 39.6 Å². The second kappa shape index (κ2) is 5.70. The molecule has 7 heteroatoms. The maximum Gasteiger partial charge on any atom is 0.318 e. The van der Waals surface area contributed by atoms with Crippen LogP contribution in [0.5, 0.6) is 0 Å². The van der Waals surface area contributed by atoms with Gasteiger partial charge in [-0.25, -0.2) is 4.79 Å². The standard InChI is InChI=1S/C11H19N5O2/c1-3-4-12-10(17)15-5-7-16(8-6-15)11-14-13-9(2)18-11/h3-8H2,1-2H3,(H,12,17). The lowest BCUT2D eigenvalue weighted by atomic mass is 10.3. The Bertz CT molecular complexity index is 398. The number of rotatable bonds is 3. The van der Waals surface area contributed by atoms with Crippen molar-refractivity contribution in [2.24, 2.45) is 0 Å². The lowest BCUT2D eigenvalue weighted by Gasteiger charge is -2.33. The fourth-order valence-corrected chi connectivity index (χ4v) is 1.86. The fraction of sp³-hybridized carbons (Fsp3) is 0.727. The molecule has 1 aliphatic heterocycles. The molecule has 2 heterocycles. The molecule has 0 atom stereocenters. The van der Waals surface area contributed by atoms with E-state index < -0.39 is 0 Å². The maximum absolute atomic E-state index is 11.7. The Morgan fingerprint density at radius 3 is 2.61 bits per heavy atom. The average Bonchev–Trinajstić information content (AvgIpc) is 2.83. The van der Waals surface area contributed by atoms with Gasteiger partial charge in [0.25, 0.3) is 0 Å². The van der Waals surface area contributed by atoms with Crippen LogP contribution < -0.4 is 10.2 Å². The number of anilines is 1. The summed E-state index contributed by atoms with van der Waals surface area (Å²) in [4.78, 5) is 15.6. The number of carbonyl (C=O) groups is 1. The first-order valence-corrected chi connectivity index (χ1v) is 6.28. The SMILES string of the molecule is CCCNC(=O)N1CCN(c2nnc(C)o2)CC1. The van der Waals surface area contributed by atoms with Crippen LogP contribution in [0.2, 0.25) is 0 Å². The van der Waals surface area contributed by atoms with Crippen molar-refractivity contribution in [2.45, 2.75) is 20.3 Å². The molecule has 0 saturated carbocycles. The molecule has 0 bridgehead atoms. The average molecular weight is 253 g/mol. The molecule has 1 aromatic heterocycles. The number of piperazine rings is 1. The molecule has 2 rings (SSSR count). The predicted octanol–water partition coefficient (Wildman–Crippen LogP) is 0.620. The van der Waals surface area contributed by atoms with E-state index in [-0.39, 0.29) is 6.03 Å². The Morgan fingerprint density at radius 2 is 2.06 bits per heavy atom. The summed E-state index contributed by atoms with van der Waals surface area (Å²) in [7, 11) is 0. The Labute approximate surface area is 106 Å². The van der Waals surface area contributed by atoms with Gasteiger partial charge in [0.15, 0.2) is 0 Å². The van der Waals surface area contributed by atoms with Gasteiger partial charge in [0.2, 0.25) is 5.89 Å². The molecule has 18 heavy (non-hydrogen) atoms. The second-order valence-electron chi connectivity index (χ2n) is 4.31. The van der Waals surface area contributed by atoms with E-state index in [1.807, 2.05) is 16.7 Å². The molecule has 0 unspecified atom stereocenters. The van der Waals surface area contributed by atoms with Crippen LogP contribution in [-0.4, -0.2) is 53.9 Å². The largest absolute Gasteiger partial charge is 0.408 e. The molecule has 0 aliphatic carbocycles. The first-order valence-electron chi connectivity index (χ1n) is 6.28. The predicted molar refractivity (Wildman–Crippen MR) is 66.5 cm³/mol. The zero-order valence-corrected chi connectivity index (χ0v) is 10.8. The van der Waals surface area contributed by atoms with Crippen LogP contribution in [0.1, 0.15) is 19.2 Å². The van der Waals surface area contributed by atoms with Crippen LogP contribution in [0.25, 0.3) is 0 Å². The summed E-state index contributed by atoms with van der Waals surface area (Å²) in [6, 6.07) is 0.555. The fourth-order valence-electron chi connectivity index (χ4n) is 1.86. The van der Waals surface area contributed by atoms with Crippen molar-refractivity contribution in [3.63, 3.8) is 0 Å². The van der Waals surface area contributed by atoms with Gasteiger partial charge in [-0.3, -0.25) is 0 Å². The highest BCUT2D eigenvalue weighted by molar-refractivity contribution is 5.74. The number of aryl methyl sites for hydroxylation is 1. The number of nitrogens with one attached hydrogen (secondary N) is 1. The van der Waals surface area contributed by atoms with Crippen LogP contribution in [0.4, 0.5) is 10.8 Å². The van der Waals surface area contributed by atoms with Gasteiger partial charge in [-0.2, -0.15) is 0 Å². The maximum atomic E-state index is 11.7. The van der Waals surface area contributed by atoms with Crippen molar-refractivity contribution in [3.05, 3.63) is 5.89 Å². The molecule has 100 valence electrons. The van der Waals surface area contributed by atoms with Crippen LogP contribution in [0, 0.1) is 6.92 Å². The summed E-state index contributed by atoms with van der Waals surface area (Å²) in [6.45, 7) is 7.33. The highest BCUT2D eigenvalue weighted by Gasteiger charge is 2.23. The number of hydrogen-bond donors (Lipinski definition) is 1. The highest BCUT2D eigenvalue weighted by atomic mass is 16.4. The Morgan fingerprint density at radius 1 is 1.33 bits per heavy atom. The molecule has 7 nitrogen and oxygen atoms in total. The Balaban J connectivity index is 1.82. The third-order valence-electron chi connectivity index (χ3n) is 2.88. The third-order valence-corrected chi connectivity index (χ3v) is 2.88. The highest BCUT2D eigenvalue weighted by Crippen LogP contribution is 2.14. The van der Waals surface area contributed by atoms with Crippen LogP contribution >= 0.6 is 0 Å². The molecule has 0 spiro atoms. The van der Waals surface area contributed by atoms with Gasteiger partial charge < -0.3 is 19.5 Å². The van der Waals surface area contributed by atoms with Crippen molar-refractivity contribution >= 4 is 12.0 Å². The van der Waals surface area contributed by atoms with E-state index in [1.54, 1.807) is 6.92 Å². The zero-order valence-electron chi connectivity index (χ0n) is 10.8. The van der Waals surface area contributed by atoms with Crippen LogP contribution in [-0.2, 0) is 0 Å². The number of amides is 2. The topological polar surface area (TPSA) is 74.5 Å². The van der Waals surface area contributed by atoms with Gasteiger partial charge in [-0.05, 0) is 6.42 Å². The summed E-state index contributed by atoms with van der Waals surface area (Å²) in [5, 5.41) is 10.7. The van der Waals surface area contributed by atoms with Crippen LogP contribution in [0.3, 0.4) is 0 Å². The number of carbonyl (C=O) groups excluding carboxylic acids is 1. The third kappa shape index (κ3) is 2.91. The van der Waals surface area contributed by atoms with Gasteiger partial charge >= 0.3 is 12.0 Å². The lowest BCUT2D eigenvalue weighted by molar-refractivity contribution is 0.193. The molecular weight excluding hydrogens is 234 g/mol. The molecule has 0 aromatic carbocycles. The molecular formula is C11H19N5O2. The molecule has 1 aliphatic rings. The zero-order chi connectivity index (χ0) is 13.0. The van der Waals surface area contributed by atoms with Gasteiger partial charge in [0.1, 0.15) is 0 Å². The minimum absolute atomic E-state index is 0.0122. The molecule has 1 N–H and O–H groups in total. The van der Waals surface area contributed by atoms with E-state index >= 15 is 0 Å². The van der Waals surface area contributed by atoms with E-state index in [4.69, 9.17) is 4.42 Å². The summed E-state index contributed by atoms with van der Waals surface area (Å²) in [6.07, 6.45) is 0.951. The number of hydrogen-bond acceptors (Lipinski definition) is 5. The minimum atomic E-state index is 0.0122. The van der Waals surface area contributed by atoms with E-state index in [9.17, 15) is 4.79 Å². The van der Waals surface area contributed by atoms with E-state index in [2.05, 4.69) is 15.5 Å². The van der Waals surface area contributed by atoms with Crippen molar-refractivity contribution in [2.75, 3.05) is 37.6 Å². The molecule has 2 amide bonds. The summed E-state index contributed by atoms with van der Waals surface area (Å²) < 4.78 is 5.37. The first kappa shape index (κ1) is 12.7. The van der Waals surface area contributed by atoms with Crippen molar-refractivity contribution in [1.29, 1.82) is 0 Å². The van der Waals surface area contributed by atoms with Crippen molar-refractivity contribution in [1.82, 2.24) is 20.4 Å². The van der Waals surface area contributed by atoms with E-state index in [0.29, 0.717) is 25.0 Å². The second-order valence-corrected chi connectivity index (χ2v) is 4.31. The molecule has 0 radical (unpaired) electrons. The smallest absolute Gasteiger partial charge is 0.318 e. The van der Waals surface area contributed by atoms with E-state index in [1.165, 1.54) is 0 Å². The number of urea groups is 1. The molecule has 1 fully saturated rings. The summed E-state index contributed by atoms with van der Waals surface area (Å²) in [5.41, 5.74) is 0. The quantitative estimate of drug-likeness (QED) is 0.854. The first-order chi connectivity index (χ1) is 8.70. The van der Waals surface area contributed by atoms with Gasteiger partial charge in [-0.1, -0.05) is 12.0 Å². The summed E-state index contributed by atoms with van der Waals surface area (Å²) in [5.74, 6) is 0.563. The molecule has 1 aromatic rings. The number of nitrogens with zero attached hydrogens (tertiary/aromatic N) is 4. The Kier molecular flexibility index (Phi) is 4.01. The minimum Gasteiger partial charge on any atom is -0.408 e. The van der Waals surface area contributed by atoms with E-state index in [0.717, 1.165) is 26.1 Å². The Hall–Kier alpha value is -1.79. The molecule has 1 saturated heterocycles. The van der Waals surface area contributed by atoms with Gasteiger partial charge in [0.05, 0.1) is 0 Å². The monoisotopic (exact) mass is 253 g/mol. The van der Waals surface area contributed by atoms with Crippen LogP contribution in [0.15, 0.2) is 4.42 Å². The van der Waals surface area contributed by atoms with Crippen molar-refractivity contribution < 1.29 is 9.21 Å². The normalized spacial score (nSPS) is 15.9. The van der Waals surface area contributed by atoms with Gasteiger partial charge in [-0.15, -0.1) is 5.10 Å². The van der Waals surface area contributed by atoms with Crippen molar-refractivity contribution in [3.8, 4) is 0 Å². The summed E-state index contributed by atoms with van der Waals surface area (Å²) >= 11 is 0.